The minimum atomic E-state index is -0.526. The Kier molecular flexibility index (Phi) is 4.26. The largest absolute Gasteiger partial charge is 0.312 e. The van der Waals surface area contributed by atoms with E-state index in [2.05, 4.69) is 11.4 Å². The summed E-state index contributed by atoms with van der Waals surface area (Å²) < 4.78 is 26.0. The van der Waals surface area contributed by atoms with E-state index in [1.54, 1.807) is 0 Å². The van der Waals surface area contributed by atoms with Crippen LogP contribution in [0.1, 0.15) is 31.2 Å². The molecule has 17 heavy (non-hydrogen) atoms. The number of rotatable bonds is 5. The van der Waals surface area contributed by atoms with Crippen LogP contribution in [0.5, 0.6) is 0 Å². The van der Waals surface area contributed by atoms with Gasteiger partial charge in [0.15, 0.2) is 0 Å². The summed E-state index contributed by atoms with van der Waals surface area (Å²) in [4.78, 5) is 0. The minimum absolute atomic E-state index is 0.458. The summed E-state index contributed by atoms with van der Waals surface area (Å²) in [5, 5.41) is 3.19. The van der Waals surface area contributed by atoms with Crippen molar-refractivity contribution in [2.24, 2.45) is 0 Å². The standard InChI is InChI=1S/C14H17F2N/c15-13-6-5-12(14(16)9-13)10-17-8-7-11-3-1-2-4-11/h3,5-6,9,17H,1-2,4,7-8,10H2. The lowest BCUT2D eigenvalue weighted by atomic mass is 10.1. The van der Waals surface area contributed by atoms with Crippen LogP contribution in [0, 0.1) is 11.6 Å². The number of hydrogen-bond donors (Lipinski definition) is 1. The van der Waals surface area contributed by atoms with E-state index in [0.29, 0.717) is 12.1 Å². The molecule has 0 unspecified atom stereocenters. The van der Waals surface area contributed by atoms with Crippen molar-refractivity contribution >= 4 is 0 Å². The molecular formula is C14H17F2N. The maximum Gasteiger partial charge on any atom is 0.130 e. The van der Waals surface area contributed by atoms with Gasteiger partial charge in [-0.05, 0) is 38.3 Å². The number of hydrogen-bond acceptors (Lipinski definition) is 1. The Balaban J connectivity index is 1.74. The summed E-state index contributed by atoms with van der Waals surface area (Å²) >= 11 is 0. The SMILES string of the molecule is Fc1ccc(CNCCC2=CCCC2)c(F)c1. The summed E-state index contributed by atoms with van der Waals surface area (Å²) in [6.07, 6.45) is 6.99. The van der Waals surface area contributed by atoms with Gasteiger partial charge in [-0.2, -0.15) is 0 Å². The van der Waals surface area contributed by atoms with E-state index in [4.69, 9.17) is 0 Å². The van der Waals surface area contributed by atoms with E-state index in [9.17, 15) is 8.78 Å². The van der Waals surface area contributed by atoms with Crippen molar-refractivity contribution in [3.8, 4) is 0 Å². The van der Waals surface area contributed by atoms with Crippen LogP contribution in [-0.2, 0) is 6.54 Å². The highest BCUT2D eigenvalue weighted by molar-refractivity contribution is 5.18. The molecule has 0 fully saturated rings. The van der Waals surface area contributed by atoms with Gasteiger partial charge in [0, 0.05) is 18.2 Å². The molecule has 1 aliphatic carbocycles. The molecule has 0 aromatic heterocycles. The lowest BCUT2D eigenvalue weighted by Gasteiger charge is -2.06. The van der Waals surface area contributed by atoms with Gasteiger partial charge in [-0.15, -0.1) is 0 Å². The molecule has 0 atom stereocenters. The van der Waals surface area contributed by atoms with Crippen LogP contribution in [0.25, 0.3) is 0 Å². The van der Waals surface area contributed by atoms with Crippen molar-refractivity contribution in [1.82, 2.24) is 5.32 Å². The number of allylic oxidation sites excluding steroid dienone is 1. The zero-order valence-corrected chi connectivity index (χ0v) is 9.81. The number of benzene rings is 1. The molecule has 1 nitrogen and oxygen atoms in total. The highest BCUT2D eigenvalue weighted by Gasteiger charge is 2.05. The first kappa shape index (κ1) is 12.2. The van der Waals surface area contributed by atoms with Crippen molar-refractivity contribution in [1.29, 1.82) is 0 Å². The molecule has 0 radical (unpaired) electrons. The number of nitrogens with one attached hydrogen (secondary N) is 1. The zero-order chi connectivity index (χ0) is 12.1. The molecule has 0 amide bonds. The van der Waals surface area contributed by atoms with Crippen molar-refractivity contribution in [2.45, 2.75) is 32.2 Å². The third kappa shape index (κ3) is 3.63. The van der Waals surface area contributed by atoms with Crippen LogP contribution in [0.15, 0.2) is 29.8 Å². The molecule has 0 aliphatic heterocycles. The molecular weight excluding hydrogens is 220 g/mol. The van der Waals surface area contributed by atoms with Gasteiger partial charge in [-0.3, -0.25) is 0 Å². The van der Waals surface area contributed by atoms with Gasteiger partial charge >= 0.3 is 0 Å². The number of halogens is 2. The quantitative estimate of drug-likeness (QED) is 0.610. The molecule has 3 heteroatoms. The van der Waals surface area contributed by atoms with E-state index in [1.807, 2.05) is 0 Å². The first-order valence-corrected chi connectivity index (χ1v) is 6.08. The topological polar surface area (TPSA) is 12.0 Å². The van der Waals surface area contributed by atoms with Crippen molar-refractivity contribution < 1.29 is 8.78 Å². The highest BCUT2D eigenvalue weighted by atomic mass is 19.1. The average molecular weight is 237 g/mol. The van der Waals surface area contributed by atoms with E-state index < -0.39 is 11.6 Å². The molecule has 1 aromatic rings. The van der Waals surface area contributed by atoms with Gasteiger partial charge in [0.05, 0.1) is 0 Å². The maximum absolute atomic E-state index is 13.3. The Bertz CT molecular complexity index is 413. The van der Waals surface area contributed by atoms with Crippen LogP contribution >= 0.6 is 0 Å². The van der Waals surface area contributed by atoms with Gasteiger partial charge < -0.3 is 5.32 Å². The fraction of sp³-hybridized carbons (Fsp3) is 0.429. The average Bonchev–Trinajstić information content (AvgIpc) is 2.79. The maximum atomic E-state index is 13.3. The Labute approximate surface area is 101 Å². The van der Waals surface area contributed by atoms with E-state index in [1.165, 1.54) is 37.0 Å². The molecule has 0 saturated heterocycles. The van der Waals surface area contributed by atoms with Crippen molar-refractivity contribution in [3.63, 3.8) is 0 Å². The summed E-state index contributed by atoms with van der Waals surface area (Å²) in [7, 11) is 0. The Hall–Kier alpha value is -1.22. The molecule has 1 aliphatic rings. The van der Waals surface area contributed by atoms with Gasteiger partial charge in [-0.1, -0.05) is 17.7 Å². The first-order valence-electron chi connectivity index (χ1n) is 6.08. The van der Waals surface area contributed by atoms with Gasteiger partial charge in [0.25, 0.3) is 0 Å². The molecule has 0 heterocycles. The molecule has 1 aromatic carbocycles. The summed E-state index contributed by atoms with van der Waals surface area (Å²) in [6.45, 7) is 1.31. The van der Waals surface area contributed by atoms with Crippen LogP contribution in [0.3, 0.4) is 0 Å². The molecule has 1 N–H and O–H groups in total. The van der Waals surface area contributed by atoms with Crippen molar-refractivity contribution in [3.05, 3.63) is 47.0 Å². The molecule has 2 rings (SSSR count). The van der Waals surface area contributed by atoms with Crippen LogP contribution in [0.2, 0.25) is 0 Å². The summed E-state index contributed by atoms with van der Waals surface area (Å²) in [6, 6.07) is 3.71. The van der Waals surface area contributed by atoms with E-state index in [0.717, 1.165) is 19.0 Å². The second-order valence-electron chi connectivity index (χ2n) is 4.42. The predicted molar refractivity (Wildman–Crippen MR) is 64.6 cm³/mol. The third-order valence-corrected chi connectivity index (χ3v) is 3.09. The zero-order valence-electron chi connectivity index (χ0n) is 9.81. The minimum Gasteiger partial charge on any atom is -0.312 e. The highest BCUT2D eigenvalue weighted by Crippen LogP contribution is 2.19. The van der Waals surface area contributed by atoms with Crippen LogP contribution in [0.4, 0.5) is 8.78 Å². The van der Waals surface area contributed by atoms with Gasteiger partial charge in [0.2, 0.25) is 0 Å². The molecule has 0 spiro atoms. The summed E-state index contributed by atoms with van der Waals surface area (Å²) in [5.74, 6) is -1.00. The third-order valence-electron chi connectivity index (χ3n) is 3.09. The molecule has 0 saturated carbocycles. The van der Waals surface area contributed by atoms with E-state index in [-0.39, 0.29) is 0 Å². The fourth-order valence-electron chi connectivity index (χ4n) is 2.10. The van der Waals surface area contributed by atoms with Crippen LogP contribution < -0.4 is 5.32 Å². The molecule has 0 bridgehead atoms. The lowest BCUT2D eigenvalue weighted by Crippen LogP contribution is -2.16. The first-order chi connectivity index (χ1) is 8.25. The van der Waals surface area contributed by atoms with Gasteiger partial charge in [-0.25, -0.2) is 8.78 Å². The Morgan fingerprint density at radius 2 is 2.12 bits per heavy atom. The predicted octanol–water partition coefficient (Wildman–Crippen LogP) is 3.55. The Morgan fingerprint density at radius 3 is 2.82 bits per heavy atom. The Morgan fingerprint density at radius 1 is 1.24 bits per heavy atom. The normalized spacial score (nSPS) is 15.1. The van der Waals surface area contributed by atoms with Gasteiger partial charge in [0.1, 0.15) is 11.6 Å². The second kappa shape index (κ2) is 5.92. The summed E-state index contributed by atoms with van der Waals surface area (Å²) in [5.41, 5.74) is 2.02. The van der Waals surface area contributed by atoms with Crippen LogP contribution in [-0.4, -0.2) is 6.54 Å². The monoisotopic (exact) mass is 237 g/mol. The lowest BCUT2D eigenvalue weighted by molar-refractivity contribution is 0.560. The smallest absolute Gasteiger partial charge is 0.130 e. The molecule has 92 valence electrons. The second-order valence-corrected chi connectivity index (χ2v) is 4.42. The van der Waals surface area contributed by atoms with E-state index >= 15 is 0 Å². The fourth-order valence-corrected chi connectivity index (χ4v) is 2.10. The van der Waals surface area contributed by atoms with Crippen molar-refractivity contribution in [2.75, 3.05) is 6.54 Å².